The fraction of sp³-hybridized carbons (Fsp3) is 0.211. The standard InChI is InChI=1S/C19H18O5/c1-3-22-16-6-4-5-7-17(16)23-12-13-10-19(20)24-18-11-14(21-2)8-9-15(13)18/h4-11H,3,12H2,1-2H3. The highest BCUT2D eigenvalue weighted by Crippen LogP contribution is 2.28. The maximum atomic E-state index is 11.8. The molecule has 3 aromatic rings. The van der Waals surface area contributed by atoms with Crippen LogP contribution in [0, 0.1) is 0 Å². The Kier molecular flexibility index (Phi) is 4.70. The number of benzene rings is 2. The molecule has 0 radical (unpaired) electrons. The van der Waals surface area contributed by atoms with E-state index in [0.717, 1.165) is 10.9 Å². The summed E-state index contributed by atoms with van der Waals surface area (Å²) in [5.41, 5.74) is 0.793. The third kappa shape index (κ3) is 3.35. The number of rotatable bonds is 6. The molecule has 0 bridgehead atoms. The van der Waals surface area contributed by atoms with Gasteiger partial charge in [0.2, 0.25) is 0 Å². The summed E-state index contributed by atoms with van der Waals surface area (Å²) in [4.78, 5) is 11.8. The van der Waals surface area contributed by atoms with Crippen LogP contribution in [0.15, 0.2) is 57.7 Å². The lowest BCUT2D eigenvalue weighted by molar-refractivity contribution is 0.269. The quantitative estimate of drug-likeness (QED) is 0.645. The Morgan fingerprint density at radius 2 is 1.75 bits per heavy atom. The van der Waals surface area contributed by atoms with Gasteiger partial charge in [-0.05, 0) is 31.2 Å². The van der Waals surface area contributed by atoms with Crippen molar-refractivity contribution in [3.05, 3.63) is 64.5 Å². The first kappa shape index (κ1) is 15.9. The van der Waals surface area contributed by atoms with Crippen LogP contribution in [0.1, 0.15) is 12.5 Å². The summed E-state index contributed by atoms with van der Waals surface area (Å²) in [5.74, 6) is 1.94. The van der Waals surface area contributed by atoms with Crippen molar-refractivity contribution in [1.29, 1.82) is 0 Å². The molecule has 3 rings (SSSR count). The molecule has 0 unspecified atom stereocenters. The molecule has 2 aromatic carbocycles. The normalized spacial score (nSPS) is 10.6. The molecule has 124 valence electrons. The van der Waals surface area contributed by atoms with Crippen LogP contribution in [-0.4, -0.2) is 13.7 Å². The van der Waals surface area contributed by atoms with E-state index in [4.69, 9.17) is 18.6 Å². The Labute approximate surface area is 139 Å². The van der Waals surface area contributed by atoms with Crippen LogP contribution in [-0.2, 0) is 6.61 Å². The summed E-state index contributed by atoms with van der Waals surface area (Å²) in [6.07, 6.45) is 0. The molecule has 5 heteroatoms. The lowest BCUT2D eigenvalue weighted by Crippen LogP contribution is -2.05. The molecule has 0 aliphatic rings. The minimum atomic E-state index is -0.424. The van der Waals surface area contributed by atoms with E-state index in [0.29, 0.717) is 29.4 Å². The van der Waals surface area contributed by atoms with E-state index >= 15 is 0 Å². The molecule has 0 aliphatic heterocycles. The van der Waals surface area contributed by atoms with E-state index in [-0.39, 0.29) is 6.61 Å². The van der Waals surface area contributed by atoms with Crippen LogP contribution in [0.3, 0.4) is 0 Å². The molecule has 0 atom stereocenters. The molecule has 0 fully saturated rings. The summed E-state index contributed by atoms with van der Waals surface area (Å²) >= 11 is 0. The third-order valence-electron chi connectivity index (χ3n) is 3.57. The average Bonchev–Trinajstić information content (AvgIpc) is 2.60. The number of hydrogen-bond donors (Lipinski definition) is 0. The zero-order valence-electron chi connectivity index (χ0n) is 13.6. The van der Waals surface area contributed by atoms with Crippen LogP contribution in [0.2, 0.25) is 0 Å². The van der Waals surface area contributed by atoms with Crippen LogP contribution < -0.4 is 19.8 Å². The van der Waals surface area contributed by atoms with Gasteiger partial charge in [0.1, 0.15) is 17.9 Å². The summed E-state index contributed by atoms with van der Waals surface area (Å²) in [6.45, 7) is 2.70. The van der Waals surface area contributed by atoms with Crippen LogP contribution in [0.4, 0.5) is 0 Å². The van der Waals surface area contributed by atoms with Crippen molar-refractivity contribution in [2.45, 2.75) is 13.5 Å². The molecule has 24 heavy (non-hydrogen) atoms. The monoisotopic (exact) mass is 326 g/mol. The van der Waals surface area contributed by atoms with Crippen LogP contribution in [0.5, 0.6) is 17.2 Å². The number of para-hydroxylation sites is 2. The predicted octanol–water partition coefficient (Wildman–Crippen LogP) is 3.78. The molecule has 0 spiro atoms. The fourth-order valence-electron chi connectivity index (χ4n) is 2.46. The molecule has 0 aliphatic carbocycles. The average molecular weight is 326 g/mol. The van der Waals surface area contributed by atoms with E-state index in [9.17, 15) is 4.79 Å². The topological polar surface area (TPSA) is 57.9 Å². The van der Waals surface area contributed by atoms with Gasteiger partial charge in [-0.15, -0.1) is 0 Å². The summed E-state index contributed by atoms with van der Waals surface area (Å²) in [6, 6.07) is 14.2. The van der Waals surface area contributed by atoms with Crippen molar-refractivity contribution in [2.75, 3.05) is 13.7 Å². The van der Waals surface area contributed by atoms with Gasteiger partial charge in [-0.2, -0.15) is 0 Å². The second-order valence-electron chi connectivity index (χ2n) is 5.12. The van der Waals surface area contributed by atoms with Crippen molar-refractivity contribution in [2.24, 2.45) is 0 Å². The van der Waals surface area contributed by atoms with E-state index in [1.54, 1.807) is 13.2 Å². The van der Waals surface area contributed by atoms with Gasteiger partial charge >= 0.3 is 5.63 Å². The maximum absolute atomic E-state index is 11.8. The summed E-state index contributed by atoms with van der Waals surface area (Å²) in [5, 5.41) is 0.810. The Morgan fingerprint density at radius 1 is 1.00 bits per heavy atom. The number of methoxy groups -OCH3 is 1. The van der Waals surface area contributed by atoms with Crippen molar-refractivity contribution in [3.8, 4) is 17.2 Å². The van der Waals surface area contributed by atoms with Gasteiger partial charge in [0.15, 0.2) is 11.5 Å². The Bertz CT molecular complexity index is 898. The Balaban J connectivity index is 1.92. The molecular weight excluding hydrogens is 308 g/mol. The first-order valence-corrected chi connectivity index (χ1v) is 7.66. The Morgan fingerprint density at radius 3 is 2.46 bits per heavy atom. The first-order chi connectivity index (χ1) is 11.7. The SMILES string of the molecule is CCOc1ccccc1OCc1cc(=O)oc2cc(OC)ccc12. The highest BCUT2D eigenvalue weighted by Gasteiger charge is 2.09. The van der Waals surface area contributed by atoms with Gasteiger partial charge in [0.05, 0.1) is 13.7 Å². The highest BCUT2D eigenvalue weighted by molar-refractivity contribution is 5.81. The van der Waals surface area contributed by atoms with Crippen molar-refractivity contribution < 1.29 is 18.6 Å². The molecule has 0 saturated carbocycles. The molecule has 0 N–H and O–H groups in total. The second-order valence-corrected chi connectivity index (χ2v) is 5.12. The second kappa shape index (κ2) is 7.08. The molecule has 1 heterocycles. The largest absolute Gasteiger partial charge is 0.497 e. The minimum absolute atomic E-state index is 0.235. The van der Waals surface area contributed by atoms with Gasteiger partial charge in [0.25, 0.3) is 0 Å². The van der Waals surface area contributed by atoms with E-state index in [2.05, 4.69) is 0 Å². The number of fused-ring (bicyclic) bond motifs is 1. The van der Waals surface area contributed by atoms with E-state index in [1.807, 2.05) is 43.3 Å². The number of hydrogen-bond acceptors (Lipinski definition) is 5. The minimum Gasteiger partial charge on any atom is -0.497 e. The van der Waals surface area contributed by atoms with Crippen molar-refractivity contribution in [1.82, 2.24) is 0 Å². The molecule has 1 aromatic heterocycles. The third-order valence-corrected chi connectivity index (χ3v) is 3.57. The van der Waals surface area contributed by atoms with E-state index in [1.165, 1.54) is 6.07 Å². The van der Waals surface area contributed by atoms with E-state index < -0.39 is 5.63 Å². The highest BCUT2D eigenvalue weighted by atomic mass is 16.5. The van der Waals surface area contributed by atoms with Crippen molar-refractivity contribution in [3.63, 3.8) is 0 Å². The van der Waals surface area contributed by atoms with Crippen LogP contribution in [0.25, 0.3) is 11.0 Å². The summed E-state index contributed by atoms with van der Waals surface area (Å²) in [7, 11) is 1.57. The zero-order chi connectivity index (χ0) is 16.9. The summed E-state index contributed by atoms with van der Waals surface area (Å²) < 4.78 is 21.8. The molecule has 5 nitrogen and oxygen atoms in total. The van der Waals surface area contributed by atoms with Gasteiger partial charge in [0, 0.05) is 23.1 Å². The maximum Gasteiger partial charge on any atom is 0.336 e. The van der Waals surface area contributed by atoms with Crippen molar-refractivity contribution >= 4 is 11.0 Å². The Hall–Kier alpha value is -2.95. The molecule has 0 amide bonds. The predicted molar refractivity (Wildman–Crippen MR) is 91.0 cm³/mol. The molecule has 0 saturated heterocycles. The van der Waals surface area contributed by atoms with Crippen LogP contribution >= 0.6 is 0 Å². The first-order valence-electron chi connectivity index (χ1n) is 7.66. The smallest absolute Gasteiger partial charge is 0.336 e. The molecular formula is C19H18O5. The van der Waals surface area contributed by atoms with Gasteiger partial charge in [-0.1, -0.05) is 12.1 Å². The lowest BCUT2D eigenvalue weighted by Gasteiger charge is -2.12. The van der Waals surface area contributed by atoms with Gasteiger partial charge < -0.3 is 18.6 Å². The lowest BCUT2D eigenvalue weighted by atomic mass is 10.1. The van der Waals surface area contributed by atoms with Gasteiger partial charge in [-0.3, -0.25) is 0 Å². The van der Waals surface area contributed by atoms with Gasteiger partial charge in [-0.25, -0.2) is 4.79 Å². The fourth-order valence-corrected chi connectivity index (χ4v) is 2.46. The zero-order valence-corrected chi connectivity index (χ0v) is 13.6. The number of ether oxygens (including phenoxy) is 3.